The molecule has 4 nitrogen and oxygen atoms in total. The Morgan fingerprint density at radius 1 is 0.900 bits per heavy atom. The first-order valence-corrected chi connectivity index (χ1v) is 7.97. The molecule has 4 heteroatoms. The minimum absolute atomic E-state index is 0.0224. The summed E-state index contributed by atoms with van der Waals surface area (Å²) in [6.07, 6.45) is 6.19. The van der Waals surface area contributed by atoms with Gasteiger partial charge in [-0.25, -0.2) is 0 Å². The monoisotopic (exact) mass is 288 g/mol. The molecule has 1 saturated carbocycles. The van der Waals surface area contributed by atoms with Crippen molar-refractivity contribution in [1.82, 2.24) is 0 Å². The van der Waals surface area contributed by atoms with Crippen LogP contribution in [0.1, 0.15) is 59.8 Å². The average molecular weight is 288 g/mol. The van der Waals surface area contributed by atoms with E-state index in [1.54, 1.807) is 0 Å². The summed E-state index contributed by atoms with van der Waals surface area (Å²) in [7, 11) is 0. The predicted octanol–water partition coefficient (Wildman–Crippen LogP) is 2.92. The zero-order valence-electron chi connectivity index (χ0n) is 13.6. The Morgan fingerprint density at radius 2 is 1.45 bits per heavy atom. The van der Waals surface area contributed by atoms with Crippen LogP contribution in [0.4, 0.5) is 0 Å². The molecule has 0 aliphatic heterocycles. The van der Waals surface area contributed by atoms with Gasteiger partial charge < -0.3 is 19.3 Å². The molecule has 1 rings (SSSR count). The summed E-state index contributed by atoms with van der Waals surface area (Å²) in [5.74, 6) is 0. The fraction of sp³-hybridized carbons (Fsp3) is 1.00. The zero-order valence-corrected chi connectivity index (χ0v) is 13.6. The molecule has 1 aliphatic rings. The van der Waals surface area contributed by atoms with Crippen molar-refractivity contribution in [2.75, 3.05) is 19.8 Å². The van der Waals surface area contributed by atoms with Crippen molar-refractivity contribution in [3.8, 4) is 0 Å². The van der Waals surface area contributed by atoms with Gasteiger partial charge in [0.1, 0.15) is 0 Å². The lowest BCUT2D eigenvalue weighted by Gasteiger charge is -2.36. The zero-order chi connectivity index (χ0) is 15.0. The van der Waals surface area contributed by atoms with Crippen LogP contribution in [0.5, 0.6) is 0 Å². The molecule has 0 aromatic carbocycles. The summed E-state index contributed by atoms with van der Waals surface area (Å²) >= 11 is 0. The van der Waals surface area contributed by atoms with E-state index in [2.05, 4.69) is 13.8 Å². The number of aliphatic hydroxyl groups is 1. The van der Waals surface area contributed by atoms with Crippen molar-refractivity contribution in [3.05, 3.63) is 0 Å². The number of hydrogen-bond donors (Lipinski definition) is 1. The second-order valence-corrected chi connectivity index (χ2v) is 6.41. The SMILES string of the molecule is CC(CO)OCC(C)OCC(C)OC1(C)CCCCC1. The lowest BCUT2D eigenvalue weighted by molar-refractivity contribution is -0.133. The first-order valence-electron chi connectivity index (χ1n) is 7.97. The topological polar surface area (TPSA) is 47.9 Å². The molecule has 1 N–H and O–H groups in total. The maximum absolute atomic E-state index is 8.89. The van der Waals surface area contributed by atoms with Gasteiger partial charge in [0, 0.05) is 0 Å². The molecule has 1 fully saturated rings. The highest BCUT2D eigenvalue weighted by Gasteiger charge is 2.29. The van der Waals surface area contributed by atoms with Gasteiger partial charge in [-0.2, -0.15) is 0 Å². The Balaban J connectivity index is 2.16. The Labute approximate surface area is 123 Å². The molecule has 0 radical (unpaired) electrons. The van der Waals surface area contributed by atoms with E-state index in [1.165, 1.54) is 19.3 Å². The van der Waals surface area contributed by atoms with Crippen LogP contribution in [-0.2, 0) is 14.2 Å². The van der Waals surface area contributed by atoms with Crippen molar-refractivity contribution >= 4 is 0 Å². The number of rotatable bonds is 9. The molecule has 0 saturated heterocycles. The molecule has 0 spiro atoms. The highest BCUT2D eigenvalue weighted by molar-refractivity contribution is 4.80. The van der Waals surface area contributed by atoms with Gasteiger partial charge in [0.15, 0.2) is 0 Å². The largest absolute Gasteiger partial charge is 0.394 e. The minimum atomic E-state index is -0.129. The predicted molar refractivity (Wildman–Crippen MR) is 80.0 cm³/mol. The smallest absolute Gasteiger partial charge is 0.0788 e. The van der Waals surface area contributed by atoms with Gasteiger partial charge in [0.25, 0.3) is 0 Å². The number of ether oxygens (including phenoxy) is 3. The van der Waals surface area contributed by atoms with E-state index in [9.17, 15) is 0 Å². The van der Waals surface area contributed by atoms with Gasteiger partial charge in [-0.1, -0.05) is 19.3 Å². The van der Waals surface area contributed by atoms with Gasteiger partial charge >= 0.3 is 0 Å². The van der Waals surface area contributed by atoms with E-state index in [1.807, 2.05) is 13.8 Å². The van der Waals surface area contributed by atoms with Gasteiger partial charge in [-0.3, -0.25) is 0 Å². The fourth-order valence-corrected chi connectivity index (χ4v) is 2.64. The molecular formula is C16H32O4. The van der Waals surface area contributed by atoms with Gasteiger partial charge in [-0.05, 0) is 40.5 Å². The van der Waals surface area contributed by atoms with Crippen LogP contribution in [0, 0.1) is 0 Å². The summed E-state index contributed by atoms with van der Waals surface area (Å²) < 4.78 is 17.4. The molecule has 3 atom stereocenters. The normalized spacial score (nSPS) is 23.2. The highest BCUT2D eigenvalue weighted by atomic mass is 16.6. The van der Waals surface area contributed by atoms with E-state index < -0.39 is 0 Å². The summed E-state index contributed by atoms with van der Waals surface area (Å²) in [5, 5.41) is 8.89. The van der Waals surface area contributed by atoms with Crippen molar-refractivity contribution in [2.24, 2.45) is 0 Å². The quantitative estimate of drug-likeness (QED) is 0.708. The minimum Gasteiger partial charge on any atom is -0.394 e. The molecule has 120 valence electrons. The number of hydrogen-bond acceptors (Lipinski definition) is 4. The summed E-state index contributed by atoms with van der Waals surface area (Å²) in [4.78, 5) is 0. The third-order valence-electron chi connectivity index (χ3n) is 3.88. The molecule has 3 unspecified atom stereocenters. The van der Waals surface area contributed by atoms with Gasteiger partial charge in [0.05, 0.1) is 43.7 Å². The van der Waals surface area contributed by atoms with E-state index in [0.717, 1.165) is 12.8 Å². The Bertz CT molecular complexity index is 251. The van der Waals surface area contributed by atoms with Crippen LogP contribution in [-0.4, -0.2) is 48.8 Å². The summed E-state index contributed by atoms with van der Waals surface area (Å²) in [6.45, 7) is 9.27. The second-order valence-electron chi connectivity index (χ2n) is 6.41. The van der Waals surface area contributed by atoms with Gasteiger partial charge in [-0.15, -0.1) is 0 Å². The summed E-state index contributed by atoms with van der Waals surface area (Å²) in [5.41, 5.74) is 0.0339. The Morgan fingerprint density at radius 3 is 2.05 bits per heavy atom. The van der Waals surface area contributed by atoms with E-state index >= 15 is 0 Å². The molecule has 20 heavy (non-hydrogen) atoms. The van der Waals surface area contributed by atoms with Crippen LogP contribution in [0.3, 0.4) is 0 Å². The first-order chi connectivity index (χ1) is 9.45. The third kappa shape index (κ3) is 7.02. The van der Waals surface area contributed by atoms with E-state index in [0.29, 0.717) is 13.2 Å². The molecule has 0 amide bonds. The molecular weight excluding hydrogens is 256 g/mol. The Hall–Kier alpha value is -0.160. The van der Waals surface area contributed by atoms with Crippen LogP contribution in [0.25, 0.3) is 0 Å². The van der Waals surface area contributed by atoms with E-state index in [-0.39, 0.29) is 30.5 Å². The molecule has 1 aliphatic carbocycles. The van der Waals surface area contributed by atoms with Gasteiger partial charge in [0.2, 0.25) is 0 Å². The molecule has 0 heterocycles. The average Bonchev–Trinajstić information content (AvgIpc) is 2.42. The standard InChI is InChI=1S/C16H32O4/c1-13(10-17)18-11-14(2)19-12-15(3)20-16(4)8-6-5-7-9-16/h13-15,17H,5-12H2,1-4H3. The highest BCUT2D eigenvalue weighted by Crippen LogP contribution is 2.32. The van der Waals surface area contributed by atoms with Crippen LogP contribution >= 0.6 is 0 Å². The van der Waals surface area contributed by atoms with Crippen LogP contribution in [0.15, 0.2) is 0 Å². The molecule has 0 aromatic rings. The maximum Gasteiger partial charge on any atom is 0.0788 e. The second kappa shape index (κ2) is 8.98. The lowest BCUT2D eigenvalue weighted by Crippen LogP contribution is -2.37. The third-order valence-corrected chi connectivity index (χ3v) is 3.88. The molecule has 0 aromatic heterocycles. The Kier molecular flexibility index (Phi) is 8.03. The first kappa shape index (κ1) is 17.9. The van der Waals surface area contributed by atoms with Crippen LogP contribution in [0.2, 0.25) is 0 Å². The van der Waals surface area contributed by atoms with Crippen molar-refractivity contribution in [1.29, 1.82) is 0 Å². The number of aliphatic hydroxyl groups excluding tert-OH is 1. The van der Waals surface area contributed by atoms with Crippen molar-refractivity contribution in [3.63, 3.8) is 0 Å². The van der Waals surface area contributed by atoms with Crippen molar-refractivity contribution in [2.45, 2.75) is 83.7 Å². The lowest BCUT2D eigenvalue weighted by atomic mass is 9.86. The fourth-order valence-electron chi connectivity index (χ4n) is 2.64. The summed E-state index contributed by atoms with van der Waals surface area (Å²) in [6, 6.07) is 0. The molecule has 0 bridgehead atoms. The van der Waals surface area contributed by atoms with Crippen LogP contribution < -0.4 is 0 Å². The maximum atomic E-state index is 8.89. The van der Waals surface area contributed by atoms with Crippen molar-refractivity contribution < 1.29 is 19.3 Å². The van der Waals surface area contributed by atoms with E-state index in [4.69, 9.17) is 19.3 Å².